The highest BCUT2D eigenvalue weighted by Crippen LogP contribution is 2.43. The van der Waals surface area contributed by atoms with Gasteiger partial charge in [-0.15, -0.1) is 0 Å². The maximum atomic E-state index is 5.49. The van der Waals surface area contributed by atoms with Crippen molar-refractivity contribution in [2.45, 2.75) is 19.4 Å². The molecule has 24 heavy (non-hydrogen) atoms. The lowest BCUT2D eigenvalue weighted by atomic mass is 9.93. The lowest BCUT2D eigenvalue weighted by Gasteiger charge is -2.37. The molecule has 0 radical (unpaired) electrons. The molecular formula is C20H26N2O2. The molecule has 3 atom stereocenters. The van der Waals surface area contributed by atoms with Gasteiger partial charge in [-0.05, 0) is 48.3 Å². The summed E-state index contributed by atoms with van der Waals surface area (Å²) in [5.41, 5.74) is 1.32. The molecule has 128 valence electrons. The predicted molar refractivity (Wildman–Crippen MR) is 93.1 cm³/mol. The smallest absolute Gasteiger partial charge is 0.231 e. The number of piperazine rings is 1. The van der Waals surface area contributed by atoms with Crippen molar-refractivity contribution in [1.82, 2.24) is 9.80 Å². The van der Waals surface area contributed by atoms with Crippen LogP contribution in [0, 0.1) is 17.8 Å². The summed E-state index contributed by atoms with van der Waals surface area (Å²) in [4.78, 5) is 5.25. The minimum absolute atomic E-state index is 0.357. The molecule has 0 aromatic heterocycles. The molecule has 0 unspecified atom stereocenters. The highest BCUT2D eigenvalue weighted by molar-refractivity contribution is 5.44. The zero-order chi connectivity index (χ0) is 15.9. The topological polar surface area (TPSA) is 24.9 Å². The number of fused-ring (bicyclic) bond motifs is 3. The van der Waals surface area contributed by atoms with Gasteiger partial charge >= 0.3 is 0 Å². The summed E-state index contributed by atoms with van der Waals surface area (Å²) in [5, 5.41) is 0. The van der Waals surface area contributed by atoms with E-state index in [2.05, 4.69) is 34.1 Å². The summed E-state index contributed by atoms with van der Waals surface area (Å²) in [6.45, 7) is 7.45. The van der Waals surface area contributed by atoms with Crippen molar-refractivity contribution in [2.75, 3.05) is 39.5 Å². The second-order valence-corrected chi connectivity index (χ2v) is 7.80. The van der Waals surface area contributed by atoms with Gasteiger partial charge in [0, 0.05) is 39.3 Å². The molecule has 2 fully saturated rings. The molecule has 0 amide bonds. The largest absolute Gasteiger partial charge is 0.454 e. The van der Waals surface area contributed by atoms with Crippen LogP contribution in [-0.2, 0) is 6.54 Å². The molecule has 4 nitrogen and oxygen atoms in total. The first-order valence-electron chi connectivity index (χ1n) is 9.35. The van der Waals surface area contributed by atoms with Gasteiger partial charge in [0.25, 0.3) is 0 Å². The van der Waals surface area contributed by atoms with E-state index in [4.69, 9.17) is 9.47 Å². The van der Waals surface area contributed by atoms with Gasteiger partial charge in [-0.2, -0.15) is 0 Å². The first kappa shape index (κ1) is 14.8. The molecule has 2 aliphatic carbocycles. The third-order valence-electron chi connectivity index (χ3n) is 6.22. The van der Waals surface area contributed by atoms with Crippen molar-refractivity contribution in [3.05, 3.63) is 35.9 Å². The predicted octanol–water partition coefficient (Wildman–Crippen LogP) is 2.75. The summed E-state index contributed by atoms with van der Waals surface area (Å²) < 4.78 is 10.9. The molecule has 1 saturated heterocycles. The van der Waals surface area contributed by atoms with Gasteiger partial charge in [-0.1, -0.05) is 18.2 Å². The lowest BCUT2D eigenvalue weighted by molar-refractivity contribution is 0.108. The second-order valence-electron chi connectivity index (χ2n) is 7.80. The van der Waals surface area contributed by atoms with Crippen molar-refractivity contribution >= 4 is 0 Å². The second kappa shape index (κ2) is 6.08. The molecule has 2 heterocycles. The maximum Gasteiger partial charge on any atom is 0.231 e. The van der Waals surface area contributed by atoms with Gasteiger partial charge in [0.15, 0.2) is 11.5 Å². The van der Waals surface area contributed by atoms with E-state index in [1.165, 1.54) is 51.1 Å². The Labute approximate surface area is 144 Å². The Balaban J connectivity index is 1.12. The van der Waals surface area contributed by atoms with E-state index in [0.717, 1.165) is 35.8 Å². The average molecular weight is 326 g/mol. The van der Waals surface area contributed by atoms with Crippen LogP contribution in [0.25, 0.3) is 0 Å². The molecular weight excluding hydrogens is 300 g/mol. The Morgan fingerprint density at radius 1 is 0.917 bits per heavy atom. The minimum atomic E-state index is 0.357. The fourth-order valence-corrected chi connectivity index (χ4v) is 4.86. The third-order valence-corrected chi connectivity index (χ3v) is 6.22. The Morgan fingerprint density at radius 3 is 2.54 bits per heavy atom. The zero-order valence-corrected chi connectivity index (χ0v) is 14.2. The van der Waals surface area contributed by atoms with Crippen LogP contribution in [-0.4, -0.2) is 49.3 Å². The molecule has 0 spiro atoms. The molecule has 4 heteroatoms. The third kappa shape index (κ3) is 2.82. The van der Waals surface area contributed by atoms with Gasteiger partial charge < -0.3 is 14.4 Å². The standard InChI is InChI=1S/C20H26N2O2/c1-3-17-9-15(1)10-18(17)13-22-7-5-21(6-8-22)12-16-2-4-19-20(11-16)24-14-23-19/h1-4,11,15,17-18H,5-10,12-14H2/t15-,17-,18-/m0/s1. The van der Waals surface area contributed by atoms with Gasteiger partial charge in [0.05, 0.1) is 0 Å². The molecule has 1 aromatic rings. The maximum absolute atomic E-state index is 5.49. The van der Waals surface area contributed by atoms with E-state index in [1.54, 1.807) is 0 Å². The van der Waals surface area contributed by atoms with Gasteiger partial charge in [-0.3, -0.25) is 4.90 Å². The van der Waals surface area contributed by atoms with Crippen LogP contribution in [0.15, 0.2) is 30.4 Å². The Hall–Kier alpha value is -1.52. The monoisotopic (exact) mass is 326 g/mol. The number of benzene rings is 1. The van der Waals surface area contributed by atoms with Crippen LogP contribution in [0.1, 0.15) is 18.4 Å². The fourth-order valence-electron chi connectivity index (χ4n) is 4.86. The van der Waals surface area contributed by atoms with Crippen LogP contribution in [0.5, 0.6) is 11.5 Å². The van der Waals surface area contributed by atoms with Crippen molar-refractivity contribution in [3.8, 4) is 11.5 Å². The summed E-state index contributed by atoms with van der Waals surface area (Å²) in [7, 11) is 0. The normalized spacial score (nSPS) is 31.9. The van der Waals surface area contributed by atoms with Crippen LogP contribution < -0.4 is 9.47 Å². The minimum Gasteiger partial charge on any atom is -0.454 e. The SMILES string of the molecule is C1=C[C@H]2C[C@H]1C[C@H]2CN1CCN(Cc2ccc3c(c2)OCO3)CC1. The summed E-state index contributed by atoms with van der Waals surface area (Å²) in [6, 6.07) is 6.34. The molecule has 4 aliphatic rings. The zero-order valence-electron chi connectivity index (χ0n) is 14.2. The molecule has 2 aliphatic heterocycles. The summed E-state index contributed by atoms with van der Waals surface area (Å²) in [6.07, 6.45) is 7.78. The number of allylic oxidation sites excluding steroid dienone is 2. The Kier molecular flexibility index (Phi) is 3.75. The van der Waals surface area contributed by atoms with Crippen molar-refractivity contribution < 1.29 is 9.47 Å². The highest BCUT2D eigenvalue weighted by atomic mass is 16.7. The molecule has 0 N–H and O–H groups in total. The van der Waals surface area contributed by atoms with E-state index in [0.29, 0.717) is 6.79 Å². The van der Waals surface area contributed by atoms with Crippen molar-refractivity contribution in [1.29, 1.82) is 0 Å². The number of ether oxygens (including phenoxy) is 2. The van der Waals surface area contributed by atoms with Crippen molar-refractivity contribution in [2.24, 2.45) is 17.8 Å². The first-order chi connectivity index (χ1) is 11.8. The number of hydrogen-bond donors (Lipinski definition) is 0. The van der Waals surface area contributed by atoms with Crippen LogP contribution >= 0.6 is 0 Å². The first-order valence-corrected chi connectivity index (χ1v) is 9.35. The van der Waals surface area contributed by atoms with Crippen LogP contribution in [0.4, 0.5) is 0 Å². The highest BCUT2D eigenvalue weighted by Gasteiger charge is 2.36. The average Bonchev–Trinajstić information content (AvgIpc) is 3.32. The van der Waals surface area contributed by atoms with Gasteiger partial charge in [0.2, 0.25) is 6.79 Å². The Morgan fingerprint density at radius 2 is 1.75 bits per heavy atom. The molecule has 1 aromatic carbocycles. The summed E-state index contributed by atoms with van der Waals surface area (Å²) in [5.74, 6) is 4.47. The van der Waals surface area contributed by atoms with Gasteiger partial charge in [-0.25, -0.2) is 0 Å². The van der Waals surface area contributed by atoms with Crippen LogP contribution in [0.2, 0.25) is 0 Å². The van der Waals surface area contributed by atoms with Crippen molar-refractivity contribution in [3.63, 3.8) is 0 Å². The molecule has 1 saturated carbocycles. The van der Waals surface area contributed by atoms with Crippen LogP contribution in [0.3, 0.4) is 0 Å². The number of rotatable bonds is 4. The lowest BCUT2D eigenvalue weighted by Crippen LogP contribution is -2.47. The summed E-state index contributed by atoms with van der Waals surface area (Å²) >= 11 is 0. The van der Waals surface area contributed by atoms with E-state index >= 15 is 0 Å². The van der Waals surface area contributed by atoms with E-state index in [9.17, 15) is 0 Å². The molecule has 2 bridgehead atoms. The van der Waals surface area contributed by atoms with E-state index in [-0.39, 0.29) is 0 Å². The molecule has 5 rings (SSSR count). The van der Waals surface area contributed by atoms with E-state index in [1.807, 2.05) is 6.07 Å². The number of hydrogen-bond acceptors (Lipinski definition) is 4. The number of nitrogens with zero attached hydrogens (tertiary/aromatic N) is 2. The van der Waals surface area contributed by atoms with Gasteiger partial charge in [0.1, 0.15) is 0 Å². The fraction of sp³-hybridized carbons (Fsp3) is 0.600. The quantitative estimate of drug-likeness (QED) is 0.795. The Bertz CT molecular complexity index is 637. The van der Waals surface area contributed by atoms with E-state index < -0.39 is 0 Å².